The van der Waals surface area contributed by atoms with Crippen LogP contribution in [0.5, 0.6) is 0 Å². The Balaban J connectivity index is 0. The lowest BCUT2D eigenvalue weighted by Crippen LogP contribution is -2.42. The fourth-order valence-electron chi connectivity index (χ4n) is 1.50. The number of quaternary nitrogens is 1. The van der Waals surface area contributed by atoms with E-state index < -0.39 is 0 Å². The van der Waals surface area contributed by atoms with Crippen LogP contribution in [-0.2, 0) is 9.53 Å². The van der Waals surface area contributed by atoms with Crippen molar-refractivity contribution in [2.75, 3.05) is 33.8 Å². The normalized spacial score (nSPS) is 13.1. The van der Waals surface area contributed by atoms with Gasteiger partial charge in [-0.25, -0.2) is 0 Å². The van der Waals surface area contributed by atoms with Crippen molar-refractivity contribution in [2.45, 2.75) is 41.5 Å². The van der Waals surface area contributed by atoms with Crippen molar-refractivity contribution >= 4 is 5.97 Å². The topological polar surface area (TPSA) is 26.3 Å². The predicted molar refractivity (Wildman–Crippen MR) is 73.8 cm³/mol. The van der Waals surface area contributed by atoms with Crippen molar-refractivity contribution < 1.29 is 14.0 Å². The van der Waals surface area contributed by atoms with Crippen LogP contribution < -0.4 is 0 Å². The van der Waals surface area contributed by atoms with E-state index in [1.807, 2.05) is 6.92 Å². The monoisotopic (exact) mass is 246 g/mol. The Kier molecular flexibility index (Phi) is 9.40. The van der Waals surface area contributed by atoms with E-state index in [4.69, 9.17) is 4.74 Å². The molecule has 0 aromatic carbocycles. The average Bonchev–Trinajstić information content (AvgIpc) is 2.16. The Morgan fingerprint density at radius 1 is 1.24 bits per heavy atom. The molecule has 0 aliphatic carbocycles. The summed E-state index contributed by atoms with van der Waals surface area (Å²) in [6, 6.07) is 0. The second-order valence-electron chi connectivity index (χ2n) is 5.67. The number of ether oxygens (including phenoxy) is 1. The standard InChI is InChI=1S/C13H28NO2.CH4/c1-7-14(5,6)8-9-16-13(15)12(4)10-11(2)3;/h11-12H,7-10H2,1-6H3;1H4/q+1;. The largest absolute Gasteiger partial charge is 0.459 e. The van der Waals surface area contributed by atoms with Gasteiger partial charge in [-0.1, -0.05) is 28.2 Å². The first kappa shape index (κ1) is 18.8. The second-order valence-corrected chi connectivity index (χ2v) is 5.67. The molecule has 0 amide bonds. The Morgan fingerprint density at radius 3 is 2.18 bits per heavy atom. The van der Waals surface area contributed by atoms with Crippen LogP contribution in [0.25, 0.3) is 0 Å². The summed E-state index contributed by atoms with van der Waals surface area (Å²) < 4.78 is 6.18. The SMILES string of the molecule is C.CC[N+](C)(C)CCOC(=O)C(C)CC(C)C. The Hall–Kier alpha value is -0.570. The Morgan fingerprint density at radius 2 is 1.76 bits per heavy atom. The van der Waals surface area contributed by atoms with Crippen LogP contribution in [0.4, 0.5) is 0 Å². The van der Waals surface area contributed by atoms with Gasteiger partial charge in [0.05, 0.1) is 26.6 Å². The van der Waals surface area contributed by atoms with E-state index in [0.717, 1.165) is 24.0 Å². The molecule has 0 heterocycles. The molecule has 3 heteroatoms. The van der Waals surface area contributed by atoms with Gasteiger partial charge in [0.15, 0.2) is 0 Å². The van der Waals surface area contributed by atoms with Crippen LogP contribution in [-0.4, -0.2) is 44.2 Å². The minimum absolute atomic E-state index is 0. The maximum atomic E-state index is 11.6. The maximum absolute atomic E-state index is 11.6. The maximum Gasteiger partial charge on any atom is 0.308 e. The minimum Gasteiger partial charge on any atom is -0.459 e. The zero-order valence-corrected chi connectivity index (χ0v) is 11.7. The van der Waals surface area contributed by atoms with Crippen molar-refractivity contribution in [3.8, 4) is 0 Å². The summed E-state index contributed by atoms with van der Waals surface area (Å²) >= 11 is 0. The molecule has 0 saturated carbocycles. The molecular formula is C14H32NO2+. The quantitative estimate of drug-likeness (QED) is 0.510. The summed E-state index contributed by atoms with van der Waals surface area (Å²) in [5.41, 5.74) is 0. The van der Waals surface area contributed by atoms with Crippen LogP contribution in [0, 0.1) is 11.8 Å². The van der Waals surface area contributed by atoms with Gasteiger partial charge in [0, 0.05) is 0 Å². The van der Waals surface area contributed by atoms with Crippen molar-refractivity contribution in [1.29, 1.82) is 0 Å². The Labute approximate surface area is 108 Å². The van der Waals surface area contributed by atoms with Gasteiger partial charge in [0.2, 0.25) is 0 Å². The summed E-state index contributed by atoms with van der Waals surface area (Å²) in [5, 5.41) is 0. The summed E-state index contributed by atoms with van der Waals surface area (Å²) in [5.74, 6) is 0.521. The smallest absolute Gasteiger partial charge is 0.308 e. The molecule has 1 unspecified atom stereocenters. The van der Waals surface area contributed by atoms with Crippen LogP contribution in [0.15, 0.2) is 0 Å². The number of esters is 1. The average molecular weight is 246 g/mol. The first-order chi connectivity index (χ1) is 7.28. The number of nitrogens with zero attached hydrogens (tertiary/aromatic N) is 1. The highest BCUT2D eigenvalue weighted by Crippen LogP contribution is 2.12. The highest BCUT2D eigenvalue weighted by Gasteiger charge is 2.18. The van der Waals surface area contributed by atoms with E-state index in [9.17, 15) is 4.79 Å². The molecule has 0 saturated heterocycles. The lowest BCUT2D eigenvalue weighted by molar-refractivity contribution is -0.888. The van der Waals surface area contributed by atoms with Crippen LogP contribution in [0.3, 0.4) is 0 Å². The molecule has 0 aliphatic rings. The van der Waals surface area contributed by atoms with Gasteiger partial charge in [-0.15, -0.1) is 0 Å². The first-order valence-electron chi connectivity index (χ1n) is 6.27. The molecule has 0 fully saturated rings. The molecule has 0 aromatic rings. The summed E-state index contributed by atoms with van der Waals surface area (Å²) in [4.78, 5) is 11.6. The van der Waals surface area contributed by atoms with Gasteiger partial charge in [-0.05, 0) is 19.3 Å². The molecule has 0 radical (unpaired) electrons. The summed E-state index contributed by atoms with van der Waals surface area (Å²) in [6.45, 7) is 10.8. The number of carbonyl (C=O) groups excluding carboxylic acids is 1. The predicted octanol–water partition coefficient (Wildman–Crippen LogP) is 2.94. The zero-order valence-electron chi connectivity index (χ0n) is 11.7. The summed E-state index contributed by atoms with van der Waals surface area (Å²) in [6.07, 6.45) is 0.908. The number of carbonyl (C=O) groups is 1. The van der Waals surface area contributed by atoms with E-state index in [1.165, 1.54) is 0 Å². The van der Waals surface area contributed by atoms with Gasteiger partial charge < -0.3 is 9.22 Å². The van der Waals surface area contributed by atoms with E-state index in [2.05, 4.69) is 34.9 Å². The highest BCUT2D eigenvalue weighted by atomic mass is 16.5. The molecule has 1 atom stereocenters. The zero-order chi connectivity index (χ0) is 12.8. The minimum atomic E-state index is -0.0511. The molecule has 0 aliphatic heterocycles. The van der Waals surface area contributed by atoms with Crippen LogP contribution in [0.1, 0.15) is 41.5 Å². The second kappa shape index (κ2) is 8.51. The van der Waals surface area contributed by atoms with Gasteiger partial charge in [-0.3, -0.25) is 4.79 Å². The molecule has 0 bridgehead atoms. The third-order valence-electron chi connectivity index (χ3n) is 3.02. The fraction of sp³-hybridized carbons (Fsp3) is 0.929. The van der Waals surface area contributed by atoms with Crippen molar-refractivity contribution in [3.63, 3.8) is 0 Å². The molecule has 104 valence electrons. The molecule has 0 N–H and O–H groups in total. The van der Waals surface area contributed by atoms with E-state index in [1.54, 1.807) is 0 Å². The molecular weight excluding hydrogens is 214 g/mol. The summed E-state index contributed by atoms with van der Waals surface area (Å²) in [7, 11) is 4.29. The van der Waals surface area contributed by atoms with Crippen molar-refractivity contribution in [2.24, 2.45) is 11.8 Å². The van der Waals surface area contributed by atoms with Gasteiger partial charge in [-0.2, -0.15) is 0 Å². The van der Waals surface area contributed by atoms with E-state index in [0.29, 0.717) is 12.5 Å². The lowest BCUT2D eigenvalue weighted by Gasteiger charge is -2.27. The first-order valence-corrected chi connectivity index (χ1v) is 6.27. The number of likely N-dealkylation sites (N-methyl/N-ethyl adjacent to an activating group) is 1. The van der Waals surface area contributed by atoms with Gasteiger partial charge in [0.25, 0.3) is 0 Å². The van der Waals surface area contributed by atoms with E-state index in [-0.39, 0.29) is 19.3 Å². The molecule has 0 spiro atoms. The lowest BCUT2D eigenvalue weighted by atomic mass is 9.99. The fourth-order valence-corrected chi connectivity index (χ4v) is 1.50. The van der Waals surface area contributed by atoms with E-state index >= 15 is 0 Å². The van der Waals surface area contributed by atoms with Gasteiger partial charge in [0.1, 0.15) is 13.2 Å². The number of hydrogen-bond acceptors (Lipinski definition) is 2. The van der Waals surface area contributed by atoms with Crippen molar-refractivity contribution in [1.82, 2.24) is 0 Å². The van der Waals surface area contributed by atoms with Crippen LogP contribution >= 0.6 is 0 Å². The van der Waals surface area contributed by atoms with Crippen LogP contribution in [0.2, 0.25) is 0 Å². The highest BCUT2D eigenvalue weighted by molar-refractivity contribution is 5.71. The van der Waals surface area contributed by atoms with Gasteiger partial charge >= 0.3 is 5.97 Å². The van der Waals surface area contributed by atoms with Crippen molar-refractivity contribution in [3.05, 3.63) is 0 Å². The number of rotatable bonds is 7. The molecule has 0 aromatic heterocycles. The third-order valence-corrected chi connectivity index (χ3v) is 3.02. The molecule has 0 rings (SSSR count). The Bertz CT molecular complexity index is 212. The molecule has 3 nitrogen and oxygen atoms in total. The number of hydrogen-bond donors (Lipinski definition) is 0. The third kappa shape index (κ3) is 9.16. The molecule has 17 heavy (non-hydrogen) atoms.